The van der Waals surface area contributed by atoms with Crippen molar-refractivity contribution >= 4 is 56.0 Å². The van der Waals surface area contributed by atoms with E-state index < -0.39 is 10.0 Å². The molecule has 0 atom stereocenters. The van der Waals surface area contributed by atoms with Gasteiger partial charge in [0.15, 0.2) is 0 Å². The van der Waals surface area contributed by atoms with Crippen LogP contribution in [-0.2, 0) is 10.0 Å². The molecule has 7 nitrogen and oxygen atoms in total. The number of anilines is 1. The second-order valence-electron chi connectivity index (χ2n) is 6.72. The number of furan rings is 1. The largest absolute Gasteiger partial charge is 0.494 e. The number of thioether (sulfide) groups is 1. The van der Waals surface area contributed by atoms with E-state index in [1.165, 1.54) is 17.0 Å². The number of carbonyl (C=O) groups is 1. The molecule has 1 amide bonds. The Balaban J connectivity index is 1.54. The molecule has 1 fully saturated rings. The van der Waals surface area contributed by atoms with Crippen molar-refractivity contribution in [3.8, 4) is 17.1 Å². The van der Waals surface area contributed by atoms with Gasteiger partial charge in [0, 0.05) is 5.56 Å². The number of hydrogen-bond donors (Lipinski definition) is 1. The molecule has 10 heteroatoms. The molecule has 0 unspecified atom stereocenters. The maximum Gasteiger partial charge on any atom is 0.296 e. The van der Waals surface area contributed by atoms with Gasteiger partial charge >= 0.3 is 0 Å². The first-order valence-corrected chi connectivity index (χ1v) is 12.3. The Labute approximate surface area is 194 Å². The van der Waals surface area contributed by atoms with Gasteiger partial charge in [0.1, 0.15) is 22.3 Å². The smallest absolute Gasteiger partial charge is 0.296 e. The number of rotatable bonds is 6. The van der Waals surface area contributed by atoms with Gasteiger partial charge in [-0.2, -0.15) is 0 Å². The third-order valence-corrected chi connectivity index (χ3v) is 6.92. The molecule has 0 radical (unpaired) electrons. The van der Waals surface area contributed by atoms with E-state index in [0.717, 1.165) is 17.5 Å². The van der Waals surface area contributed by atoms with Crippen LogP contribution in [0.1, 0.15) is 12.7 Å². The average Bonchev–Trinajstić information content (AvgIpc) is 3.33. The number of nitrogens with zero attached hydrogens (tertiary/aromatic N) is 1. The summed E-state index contributed by atoms with van der Waals surface area (Å²) in [7, 11) is -3.76. The predicted octanol–water partition coefficient (Wildman–Crippen LogP) is 5.03. The zero-order valence-corrected chi connectivity index (χ0v) is 19.3. The number of sulfonamides is 1. The van der Waals surface area contributed by atoms with Crippen LogP contribution >= 0.6 is 24.0 Å². The number of amides is 1. The van der Waals surface area contributed by atoms with Crippen molar-refractivity contribution < 1.29 is 22.4 Å². The summed E-state index contributed by atoms with van der Waals surface area (Å²) in [4.78, 5) is 15.1. The highest BCUT2D eigenvalue weighted by Crippen LogP contribution is 2.37. The van der Waals surface area contributed by atoms with Crippen LogP contribution < -0.4 is 14.8 Å². The van der Waals surface area contributed by atoms with Crippen LogP contribution in [0, 0.1) is 0 Å². The fraction of sp³-hybridized carbons (Fsp3) is 0.0909. The molecule has 2 heterocycles. The maximum atomic E-state index is 12.6. The summed E-state index contributed by atoms with van der Waals surface area (Å²) in [5.74, 6) is 1.78. The molecule has 2 N–H and O–H groups in total. The topological polar surface area (TPSA) is 103 Å². The van der Waals surface area contributed by atoms with Gasteiger partial charge in [-0.1, -0.05) is 12.2 Å². The summed E-state index contributed by atoms with van der Waals surface area (Å²) in [5, 5.41) is 4.93. The van der Waals surface area contributed by atoms with Crippen LogP contribution in [0.15, 0.2) is 74.9 Å². The van der Waals surface area contributed by atoms with Gasteiger partial charge in [0.05, 0.1) is 22.1 Å². The van der Waals surface area contributed by atoms with Crippen LogP contribution in [-0.4, -0.2) is 25.3 Å². The number of benzene rings is 2. The van der Waals surface area contributed by atoms with Crippen molar-refractivity contribution in [3.05, 3.63) is 71.3 Å². The summed E-state index contributed by atoms with van der Waals surface area (Å²) in [6.07, 6.45) is 1.71. The van der Waals surface area contributed by atoms with E-state index in [2.05, 4.69) is 0 Å². The van der Waals surface area contributed by atoms with E-state index in [4.69, 9.17) is 26.5 Å². The third kappa shape index (κ3) is 4.63. The molecule has 164 valence electrons. The normalized spacial score (nSPS) is 15.6. The summed E-state index contributed by atoms with van der Waals surface area (Å²) >= 11 is 6.56. The molecule has 0 bridgehead atoms. The van der Waals surface area contributed by atoms with Gasteiger partial charge in [-0.15, -0.1) is 0 Å². The quantitative estimate of drug-likeness (QED) is 0.385. The van der Waals surface area contributed by atoms with E-state index >= 15 is 0 Å². The molecule has 3 aromatic rings. The van der Waals surface area contributed by atoms with E-state index in [1.54, 1.807) is 54.6 Å². The second-order valence-corrected chi connectivity index (χ2v) is 9.66. The fourth-order valence-electron chi connectivity index (χ4n) is 3.07. The Morgan fingerprint density at radius 3 is 2.41 bits per heavy atom. The minimum atomic E-state index is -3.76. The minimum Gasteiger partial charge on any atom is -0.494 e. The van der Waals surface area contributed by atoms with Crippen molar-refractivity contribution in [2.45, 2.75) is 11.8 Å². The lowest BCUT2D eigenvalue weighted by Crippen LogP contribution is -2.26. The Morgan fingerprint density at radius 2 is 1.78 bits per heavy atom. The minimum absolute atomic E-state index is 0.0238. The molecule has 0 saturated carbocycles. The summed E-state index contributed by atoms with van der Waals surface area (Å²) < 4.78 is 34.1. The number of hydrogen-bond acceptors (Lipinski definition) is 7. The van der Waals surface area contributed by atoms with Crippen LogP contribution in [0.25, 0.3) is 17.4 Å². The van der Waals surface area contributed by atoms with Crippen molar-refractivity contribution in [2.75, 3.05) is 11.5 Å². The fourth-order valence-corrected chi connectivity index (χ4v) is 4.85. The van der Waals surface area contributed by atoms with Crippen LogP contribution in [0.4, 0.5) is 10.5 Å². The standard InChI is InChI=1S/C22H18N2O5S3/c1-2-28-16-7-5-15(6-8-16)24-21(30)20(31-22(24)25)13-17-9-12-19(29-17)14-3-10-18(11-4-14)32(23,26)27/h3-13H,2H2,1H3,(H2,23,26,27). The lowest BCUT2D eigenvalue weighted by atomic mass is 10.2. The average molecular weight is 487 g/mol. The maximum absolute atomic E-state index is 12.6. The van der Waals surface area contributed by atoms with Gasteiger partial charge in [0.25, 0.3) is 5.24 Å². The first kappa shape index (κ1) is 22.3. The molecule has 1 aliphatic rings. The monoisotopic (exact) mass is 486 g/mol. The molecule has 4 rings (SSSR count). The number of primary sulfonamides is 1. The Morgan fingerprint density at radius 1 is 1.09 bits per heavy atom. The molecular weight excluding hydrogens is 468 g/mol. The van der Waals surface area contributed by atoms with Gasteiger partial charge in [0.2, 0.25) is 10.0 Å². The number of ether oxygens (including phenoxy) is 1. The summed E-state index contributed by atoms with van der Waals surface area (Å²) in [6, 6.07) is 16.7. The first-order chi connectivity index (χ1) is 15.3. The number of thiocarbonyl (C=S) groups is 1. The van der Waals surface area contributed by atoms with Crippen molar-refractivity contribution in [1.29, 1.82) is 0 Å². The van der Waals surface area contributed by atoms with Crippen LogP contribution in [0.3, 0.4) is 0 Å². The summed E-state index contributed by atoms with van der Waals surface area (Å²) in [5.41, 5.74) is 1.35. The first-order valence-electron chi connectivity index (χ1n) is 9.50. The summed E-state index contributed by atoms with van der Waals surface area (Å²) in [6.45, 7) is 2.46. The van der Waals surface area contributed by atoms with Gasteiger partial charge in [-0.3, -0.25) is 9.69 Å². The predicted molar refractivity (Wildman–Crippen MR) is 129 cm³/mol. The van der Waals surface area contributed by atoms with Crippen molar-refractivity contribution in [2.24, 2.45) is 5.14 Å². The molecule has 1 saturated heterocycles. The Bertz CT molecular complexity index is 1310. The highest BCUT2D eigenvalue weighted by atomic mass is 32.2. The molecular formula is C22H18N2O5S3. The Hall–Kier alpha value is -2.92. The lowest BCUT2D eigenvalue weighted by molar-refractivity contribution is 0.268. The molecule has 2 aromatic carbocycles. The van der Waals surface area contributed by atoms with Gasteiger partial charge < -0.3 is 9.15 Å². The molecule has 1 aliphatic heterocycles. The Kier molecular flexibility index (Phi) is 6.20. The number of carbonyl (C=O) groups excluding carboxylic acids is 1. The molecule has 32 heavy (non-hydrogen) atoms. The van der Waals surface area contributed by atoms with Gasteiger partial charge in [-0.05, 0) is 85.4 Å². The van der Waals surface area contributed by atoms with Crippen molar-refractivity contribution in [3.63, 3.8) is 0 Å². The molecule has 1 aromatic heterocycles. The van der Waals surface area contributed by atoms with E-state index in [0.29, 0.717) is 39.3 Å². The molecule has 0 spiro atoms. The second kappa shape index (κ2) is 8.91. The van der Waals surface area contributed by atoms with Gasteiger partial charge in [-0.25, -0.2) is 13.6 Å². The lowest BCUT2D eigenvalue weighted by Gasteiger charge is -2.15. The molecule has 0 aliphatic carbocycles. The van der Waals surface area contributed by atoms with E-state index in [-0.39, 0.29) is 10.1 Å². The SMILES string of the molecule is CCOc1ccc(N2C(=O)SC(=Cc3ccc(-c4ccc(S(N)(=O)=O)cc4)o3)C2=S)cc1. The highest BCUT2D eigenvalue weighted by Gasteiger charge is 2.33. The highest BCUT2D eigenvalue weighted by molar-refractivity contribution is 8.20. The third-order valence-electron chi connectivity index (χ3n) is 4.57. The van der Waals surface area contributed by atoms with Crippen LogP contribution in [0.5, 0.6) is 5.75 Å². The van der Waals surface area contributed by atoms with E-state index in [1.807, 2.05) is 6.92 Å². The van der Waals surface area contributed by atoms with E-state index in [9.17, 15) is 13.2 Å². The zero-order valence-electron chi connectivity index (χ0n) is 16.8. The van der Waals surface area contributed by atoms with Crippen LogP contribution in [0.2, 0.25) is 0 Å². The number of nitrogens with two attached hydrogens (primary N) is 1. The van der Waals surface area contributed by atoms with Crippen molar-refractivity contribution in [1.82, 2.24) is 0 Å². The zero-order chi connectivity index (χ0) is 22.9.